The number of hydrogen-bond donors (Lipinski definition) is 2. The molecule has 0 radical (unpaired) electrons. The van der Waals surface area contributed by atoms with Gasteiger partial charge in [-0.2, -0.15) is 5.26 Å². The van der Waals surface area contributed by atoms with Crippen molar-refractivity contribution >= 4 is 0 Å². The maximum atomic E-state index is 9.47. The molecule has 1 aromatic carbocycles. The number of aliphatic hydroxyl groups excluding tert-OH is 1. The van der Waals surface area contributed by atoms with Gasteiger partial charge in [0, 0.05) is 12.1 Å². The lowest BCUT2D eigenvalue weighted by Crippen LogP contribution is -2.47. The third-order valence-corrected chi connectivity index (χ3v) is 3.73. The molecule has 4 heteroatoms. The SMILES string of the molecule is N#Cc1ccccc1OCCNC1(CO)CCCC1. The molecule has 0 unspecified atom stereocenters. The van der Waals surface area contributed by atoms with Gasteiger partial charge in [-0.3, -0.25) is 0 Å². The van der Waals surface area contributed by atoms with Gasteiger partial charge in [-0.1, -0.05) is 25.0 Å². The van der Waals surface area contributed by atoms with Crippen molar-refractivity contribution in [1.82, 2.24) is 5.32 Å². The number of benzene rings is 1. The van der Waals surface area contributed by atoms with E-state index in [1.165, 1.54) is 12.8 Å². The monoisotopic (exact) mass is 260 g/mol. The van der Waals surface area contributed by atoms with Crippen molar-refractivity contribution in [2.75, 3.05) is 19.8 Å². The molecule has 0 bridgehead atoms. The lowest BCUT2D eigenvalue weighted by Gasteiger charge is -2.28. The number of nitrogens with one attached hydrogen (secondary N) is 1. The summed E-state index contributed by atoms with van der Waals surface area (Å²) in [6.45, 7) is 1.36. The zero-order chi connectivity index (χ0) is 13.6. The zero-order valence-corrected chi connectivity index (χ0v) is 11.1. The Kier molecular flexibility index (Phi) is 4.78. The highest BCUT2D eigenvalue weighted by Crippen LogP contribution is 2.28. The number of rotatable bonds is 6. The van der Waals surface area contributed by atoms with Crippen LogP contribution in [0, 0.1) is 11.3 Å². The van der Waals surface area contributed by atoms with Crippen molar-refractivity contribution in [3.63, 3.8) is 0 Å². The quantitative estimate of drug-likeness (QED) is 0.766. The molecule has 0 saturated heterocycles. The van der Waals surface area contributed by atoms with Gasteiger partial charge in [0.25, 0.3) is 0 Å². The van der Waals surface area contributed by atoms with E-state index in [1.54, 1.807) is 12.1 Å². The minimum Gasteiger partial charge on any atom is -0.491 e. The van der Waals surface area contributed by atoms with Crippen LogP contribution in [0.1, 0.15) is 31.2 Å². The Bertz CT molecular complexity index is 448. The second-order valence-electron chi connectivity index (χ2n) is 5.03. The molecule has 102 valence electrons. The largest absolute Gasteiger partial charge is 0.491 e. The summed E-state index contributed by atoms with van der Waals surface area (Å²) in [6.07, 6.45) is 4.40. The number of ether oxygens (including phenoxy) is 1. The number of hydrogen-bond acceptors (Lipinski definition) is 4. The van der Waals surface area contributed by atoms with Gasteiger partial charge in [0.05, 0.1) is 12.2 Å². The summed E-state index contributed by atoms with van der Waals surface area (Å²) in [7, 11) is 0. The molecule has 0 spiro atoms. The Morgan fingerprint density at radius 1 is 1.32 bits per heavy atom. The molecule has 1 aromatic rings. The van der Waals surface area contributed by atoms with E-state index in [0.29, 0.717) is 24.5 Å². The summed E-state index contributed by atoms with van der Waals surface area (Å²) >= 11 is 0. The summed E-state index contributed by atoms with van der Waals surface area (Å²) in [5.41, 5.74) is 0.443. The molecular formula is C15H20N2O2. The molecule has 0 atom stereocenters. The van der Waals surface area contributed by atoms with Crippen LogP contribution in [0.3, 0.4) is 0 Å². The second-order valence-corrected chi connectivity index (χ2v) is 5.03. The molecule has 19 heavy (non-hydrogen) atoms. The van der Waals surface area contributed by atoms with E-state index < -0.39 is 0 Å². The number of nitriles is 1. The van der Waals surface area contributed by atoms with E-state index in [1.807, 2.05) is 12.1 Å². The molecule has 1 saturated carbocycles. The van der Waals surface area contributed by atoms with Gasteiger partial charge in [0.2, 0.25) is 0 Å². The number of aliphatic hydroxyl groups is 1. The van der Waals surface area contributed by atoms with Crippen molar-refractivity contribution in [3.8, 4) is 11.8 Å². The molecule has 2 N–H and O–H groups in total. The Morgan fingerprint density at radius 3 is 2.74 bits per heavy atom. The van der Waals surface area contributed by atoms with Crippen LogP contribution < -0.4 is 10.1 Å². The Labute approximate surface area is 114 Å². The van der Waals surface area contributed by atoms with E-state index in [0.717, 1.165) is 12.8 Å². The van der Waals surface area contributed by atoms with Crippen molar-refractivity contribution in [2.45, 2.75) is 31.2 Å². The second kappa shape index (κ2) is 6.55. The third kappa shape index (κ3) is 3.46. The molecule has 1 aliphatic rings. The number of para-hydroxylation sites is 1. The van der Waals surface area contributed by atoms with Gasteiger partial charge >= 0.3 is 0 Å². The van der Waals surface area contributed by atoms with Crippen molar-refractivity contribution < 1.29 is 9.84 Å². The Hall–Kier alpha value is -1.57. The van der Waals surface area contributed by atoms with E-state index in [9.17, 15) is 5.11 Å². The van der Waals surface area contributed by atoms with E-state index in [-0.39, 0.29) is 12.1 Å². The molecule has 4 nitrogen and oxygen atoms in total. The van der Waals surface area contributed by atoms with Crippen LogP contribution in [-0.2, 0) is 0 Å². The highest BCUT2D eigenvalue weighted by Gasteiger charge is 2.32. The van der Waals surface area contributed by atoms with Crippen LogP contribution in [0.2, 0.25) is 0 Å². The van der Waals surface area contributed by atoms with Crippen molar-refractivity contribution in [2.24, 2.45) is 0 Å². The average molecular weight is 260 g/mol. The Morgan fingerprint density at radius 2 is 2.05 bits per heavy atom. The van der Waals surface area contributed by atoms with Crippen LogP contribution in [0.25, 0.3) is 0 Å². The average Bonchev–Trinajstić information content (AvgIpc) is 2.93. The molecule has 0 amide bonds. The van der Waals surface area contributed by atoms with Gasteiger partial charge in [-0.25, -0.2) is 0 Å². The van der Waals surface area contributed by atoms with Crippen LogP contribution in [0.15, 0.2) is 24.3 Å². The topological polar surface area (TPSA) is 65.3 Å². The summed E-state index contributed by atoms with van der Waals surface area (Å²) in [5, 5.41) is 21.8. The zero-order valence-electron chi connectivity index (χ0n) is 11.1. The summed E-state index contributed by atoms with van der Waals surface area (Å²) in [5.74, 6) is 0.622. The molecule has 2 rings (SSSR count). The lowest BCUT2D eigenvalue weighted by molar-refractivity contribution is 0.157. The summed E-state index contributed by atoms with van der Waals surface area (Å²) < 4.78 is 5.61. The fraction of sp³-hybridized carbons (Fsp3) is 0.533. The first-order valence-corrected chi connectivity index (χ1v) is 6.77. The summed E-state index contributed by atoms with van der Waals surface area (Å²) in [6, 6.07) is 9.34. The molecule has 0 heterocycles. The molecule has 1 fully saturated rings. The van der Waals surface area contributed by atoms with Gasteiger partial charge in [-0.15, -0.1) is 0 Å². The normalized spacial score (nSPS) is 17.1. The van der Waals surface area contributed by atoms with Crippen LogP contribution in [-0.4, -0.2) is 30.4 Å². The smallest absolute Gasteiger partial charge is 0.137 e. The molecule has 0 aliphatic heterocycles. The fourth-order valence-corrected chi connectivity index (χ4v) is 2.60. The minimum atomic E-state index is -0.113. The maximum Gasteiger partial charge on any atom is 0.137 e. The molecular weight excluding hydrogens is 240 g/mol. The minimum absolute atomic E-state index is 0.113. The summed E-state index contributed by atoms with van der Waals surface area (Å²) in [4.78, 5) is 0. The van der Waals surface area contributed by atoms with Gasteiger partial charge in [-0.05, 0) is 25.0 Å². The van der Waals surface area contributed by atoms with Crippen molar-refractivity contribution in [3.05, 3.63) is 29.8 Å². The van der Waals surface area contributed by atoms with Gasteiger partial charge < -0.3 is 15.2 Å². The fourth-order valence-electron chi connectivity index (χ4n) is 2.60. The number of nitrogens with zero attached hydrogens (tertiary/aromatic N) is 1. The van der Waals surface area contributed by atoms with Gasteiger partial charge in [0.1, 0.15) is 18.4 Å². The van der Waals surface area contributed by atoms with E-state index in [2.05, 4.69) is 11.4 Å². The van der Waals surface area contributed by atoms with Crippen molar-refractivity contribution in [1.29, 1.82) is 5.26 Å². The molecule has 1 aliphatic carbocycles. The van der Waals surface area contributed by atoms with Crippen LogP contribution >= 0.6 is 0 Å². The molecule has 0 aromatic heterocycles. The van der Waals surface area contributed by atoms with Gasteiger partial charge in [0.15, 0.2) is 0 Å². The standard InChI is InChI=1S/C15H20N2O2/c16-11-13-5-1-2-6-14(13)19-10-9-17-15(12-18)7-3-4-8-15/h1-2,5-6,17-18H,3-4,7-10,12H2. The van der Waals surface area contributed by atoms with Crippen LogP contribution in [0.5, 0.6) is 5.75 Å². The van der Waals surface area contributed by atoms with Crippen LogP contribution in [0.4, 0.5) is 0 Å². The highest BCUT2D eigenvalue weighted by atomic mass is 16.5. The lowest BCUT2D eigenvalue weighted by atomic mass is 9.99. The Balaban J connectivity index is 1.79. The first-order valence-electron chi connectivity index (χ1n) is 6.77. The maximum absolute atomic E-state index is 9.47. The third-order valence-electron chi connectivity index (χ3n) is 3.73. The predicted octanol–water partition coefficient (Wildman–Crippen LogP) is 1.83. The first-order chi connectivity index (χ1) is 9.29. The predicted molar refractivity (Wildman–Crippen MR) is 72.9 cm³/mol. The highest BCUT2D eigenvalue weighted by molar-refractivity contribution is 5.42. The van der Waals surface area contributed by atoms with E-state index >= 15 is 0 Å². The first kappa shape index (κ1) is 13.9. The van der Waals surface area contributed by atoms with E-state index in [4.69, 9.17) is 10.00 Å².